The molecule has 3 aromatic rings. The smallest absolute Gasteiger partial charge is 0.360 e. The van der Waals surface area contributed by atoms with Gasteiger partial charge in [0.25, 0.3) is 5.91 Å². The van der Waals surface area contributed by atoms with E-state index in [1.165, 1.54) is 43.6 Å². The third-order valence-electron chi connectivity index (χ3n) is 7.42. The van der Waals surface area contributed by atoms with Crippen LogP contribution in [0.2, 0.25) is 0 Å². The average molecular weight is 567 g/mol. The van der Waals surface area contributed by atoms with E-state index in [9.17, 15) is 26.9 Å². The molecule has 1 aromatic carbocycles. The number of hydrogen-bond donors (Lipinski definition) is 3. The molecular weight excluding hydrogens is 535 g/mol. The Balaban J connectivity index is 1.71. The van der Waals surface area contributed by atoms with E-state index in [0.717, 1.165) is 19.0 Å². The first-order valence-corrected chi connectivity index (χ1v) is 15.5. The third kappa shape index (κ3) is 5.54. The largest absolute Gasteiger partial charge is 0.419 e. The SMILES string of the molecule is CN1C[C@@H](F)CCN[C@H]2CC[C@@H](C2)Nc2ncc(C(F)(F)F)c(n2)-c2c[nH]c3c(P(C)(C)=O)c(ccc23)C1=O. The third-order valence-corrected chi connectivity index (χ3v) is 8.96. The van der Waals surface area contributed by atoms with Gasteiger partial charge >= 0.3 is 6.18 Å². The van der Waals surface area contributed by atoms with Crippen LogP contribution < -0.4 is 15.9 Å². The van der Waals surface area contributed by atoms with Crippen molar-refractivity contribution >= 4 is 35.2 Å². The van der Waals surface area contributed by atoms with Crippen LogP contribution in [0.4, 0.5) is 23.5 Å². The van der Waals surface area contributed by atoms with Gasteiger partial charge in [-0.15, -0.1) is 0 Å². The molecule has 8 bridgehead atoms. The van der Waals surface area contributed by atoms with Crippen LogP contribution in [0.5, 0.6) is 0 Å². The maximum Gasteiger partial charge on any atom is 0.419 e. The minimum absolute atomic E-state index is 0.0534. The molecule has 2 aliphatic heterocycles. The quantitative estimate of drug-likeness (QED) is 0.293. The Hall–Kier alpha value is -2.98. The molecule has 1 fully saturated rings. The second-order valence-corrected chi connectivity index (χ2v) is 13.9. The van der Waals surface area contributed by atoms with Gasteiger partial charge < -0.3 is 25.1 Å². The lowest BCUT2D eigenvalue weighted by Crippen LogP contribution is -2.37. The van der Waals surface area contributed by atoms with Crippen LogP contribution in [-0.4, -0.2) is 77.5 Å². The van der Waals surface area contributed by atoms with Crippen molar-refractivity contribution in [1.82, 2.24) is 25.2 Å². The molecule has 2 aromatic heterocycles. The molecule has 1 amide bonds. The highest BCUT2D eigenvalue weighted by atomic mass is 31.2. The minimum atomic E-state index is -4.72. The van der Waals surface area contributed by atoms with E-state index in [0.29, 0.717) is 18.4 Å². The molecule has 13 heteroatoms. The molecule has 0 radical (unpaired) electrons. The van der Waals surface area contributed by atoms with Gasteiger partial charge in [0.2, 0.25) is 5.95 Å². The molecule has 6 rings (SSSR count). The van der Waals surface area contributed by atoms with Crippen LogP contribution in [0.15, 0.2) is 24.5 Å². The highest BCUT2D eigenvalue weighted by Crippen LogP contribution is 2.43. The first kappa shape index (κ1) is 27.6. The van der Waals surface area contributed by atoms with Crippen molar-refractivity contribution in [3.63, 3.8) is 0 Å². The summed E-state index contributed by atoms with van der Waals surface area (Å²) in [6.45, 7) is 3.25. The predicted octanol–water partition coefficient (Wildman–Crippen LogP) is 4.63. The number of aromatic nitrogens is 3. The second kappa shape index (κ2) is 10.2. The van der Waals surface area contributed by atoms with Crippen LogP contribution in [0.25, 0.3) is 22.2 Å². The van der Waals surface area contributed by atoms with Gasteiger partial charge in [0, 0.05) is 47.8 Å². The number of H-pyrrole nitrogens is 1. The molecule has 1 aliphatic carbocycles. The fourth-order valence-electron chi connectivity index (χ4n) is 5.58. The zero-order chi connectivity index (χ0) is 28.1. The molecule has 3 N–H and O–H groups in total. The summed E-state index contributed by atoms with van der Waals surface area (Å²) in [6.07, 6.45) is -1.34. The van der Waals surface area contributed by atoms with Crippen molar-refractivity contribution in [3.05, 3.63) is 35.7 Å². The molecule has 39 heavy (non-hydrogen) atoms. The number of hydrogen-bond acceptors (Lipinski definition) is 6. The predicted molar refractivity (Wildman–Crippen MR) is 143 cm³/mol. The van der Waals surface area contributed by atoms with Gasteiger partial charge in [-0.2, -0.15) is 13.2 Å². The van der Waals surface area contributed by atoms with E-state index in [-0.39, 0.29) is 58.6 Å². The highest BCUT2D eigenvalue weighted by Gasteiger charge is 2.37. The lowest BCUT2D eigenvalue weighted by atomic mass is 10.0. The summed E-state index contributed by atoms with van der Waals surface area (Å²) in [5.41, 5.74) is -0.763. The molecule has 0 spiro atoms. The molecule has 3 aliphatic rings. The average Bonchev–Trinajstić information content (AvgIpc) is 3.47. The summed E-state index contributed by atoms with van der Waals surface area (Å²) >= 11 is 0. The topological polar surface area (TPSA) is 103 Å². The number of benzene rings is 1. The van der Waals surface area contributed by atoms with Crippen molar-refractivity contribution in [2.75, 3.05) is 38.8 Å². The molecule has 3 atom stereocenters. The van der Waals surface area contributed by atoms with Gasteiger partial charge in [0.15, 0.2) is 0 Å². The Morgan fingerprint density at radius 2 is 1.85 bits per heavy atom. The van der Waals surface area contributed by atoms with Crippen molar-refractivity contribution in [1.29, 1.82) is 0 Å². The fourth-order valence-corrected chi connectivity index (χ4v) is 7.05. The maximum atomic E-state index is 14.8. The Morgan fingerprint density at radius 3 is 2.56 bits per heavy atom. The van der Waals surface area contributed by atoms with Gasteiger partial charge in [-0.3, -0.25) is 4.79 Å². The number of carbonyl (C=O) groups excluding carboxylic acids is 1. The standard InChI is InChI=1S/C26H31F4N6O2P/c1-36-13-14(27)8-9-31-15-4-5-16(10-15)34-25-33-12-20(26(28,29)30)21(35-25)19-11-32-22-17(19)6-7-18(24(36)37)23(22)39(2,3)38/h6-7,11-12,14-16,31-32H,4-5,8-10,13H2,1-3H3,(H,33,34,35)/t14-,15-,16-/m0/s1. The first-order valence-electron chi connectivity index (χ1n) is 12.9. The number of nitrogens with one attached hydrogen (secondary N) is 3. The lowest BCUT2D eigenvalue weighted by Gasteiger charge is -2.23. The van der Waals surface area contributed by atoms with E-state index in [2.05, 4.69) is 25.6 Å². The van der Waals surface area contributed by atoms with Crippen LogP contribution in [0, 0.1) is 0 Å². The van der Waals surface area contributed by atoms with E-state index >= 15 is 0 Å². The fraction of sp³-hybridized carbons (Fsp3) is 0.500. The van der Waals surface area contributed by atoms with Crippen molar-refractivity contribution in [2.24, 2.45) is 0 Å². The summed E-state index contributed by atoms with van der Waals surface area (Å²) in [5, 5.41) is 7.05. The number of aromatic amines is 1. The summed E-state index contributed by atoms with van der Waals surface area (Å²) < 4.78 is 70.5. The Morgan fingerprint density at radius 1 is 1.10 bits per heavy atom. The Labute approximate surface area is 223 Å². The summed E-state index contributed by atoms with van der Waals surface area (Å²) in [4.78, 5) is 25.9. The molecule has 1 saturated carbocycles. The lowest BCUT2D eigenvalue weighted by molar-refractivity contribution is -0.137. The number of halogens is 4. The van der Waals surface area contributed by atoms with Gasteiger partial charge in [0.05, 0.1) is 23.3 Å². The molecule has 8 nitrogen and oxygen atoms in total. The van der Waals surface area contributed by atoms with Crippen LogP contribution in [0.3, 0.4) is 0 Å². The zero-order valence-corrected chi connectivity index (χ0v) is 22.8. The van der Waals surface area contributed by atoms with Crippen molar-refractivity contribution in [2.45, 2.75) is 50.1 Å². The molecular formula is C26H31F4N6O2P. The Kier molecular flexibility index (Phi) is 7.22. The number of rotatable bonds is 1. The zero-order valence-electron chi connectivity index (χ0n) is 21.9. The Bertz CT molecular complexity index is 1450. The van der Waals surface area contributed by atoms with Crippen LogP contribution in [-0.2, 0) is 10.7 Å². The maximum absolute atomic E-state index is 14.8. The van der Waals surface area contributed by atoms with Gasteiger partial charge in [-0.05, 0) is 51.6 Å². The number of carbonyl (C=O) groups is 1. The minimum Gasteiger partial charge on any atom is -0.360 e. The monoisotopic (exact) mass is 566 g/mol. The van der Waals surface area contributed by atoms with Crippen molar-refractivity contribution < 1.29 is 26.9 Å². The van der Waals surface area contributed by atoms with E-state index in [1.54, 1.807) is 0 Å². The number of anilines is 1. The number of alkyl halides is 4. The van der Waals surface area contributed by atoms with Gasteiger partial charge in [-0.25, -0.2) is 14.4 Å². The number of amides is 1. The number of nitrogens with zero attached hydrogens (tertiary/aromatic N) is 3. The van der Waals surface area contributed by atoms with Gasteiger partial charge in [-0.1, -0.05) is 6.07 Å². The summed E-state index contributed by atoms with van der Waals surface area (Å²) in [5.74, 6) is -0.436. The van der Waals surface area contributed by atoms with Crippen LogP contribution >= 0.6 is 7.14 Å². The van der Waals surface area contributed by atoms with Crippen molar-refractivity contribution in [3.8, 4) is 11.3 Å². The normalized spacial score (nSPS) is 23.1. The van der Waals surface area contributed by atoms with E-state index < -0.39 is 31.0 Å². The van der Waals surface area contributed by atoms with E-state index in [4.69, 9.17) is 0 Å². The molecule has 4 heterocycles. The number of fused-ring (bicyclic) bond motifs is 7. The highest BCUT2D eigenvalue weighted by molar-refractivity contribution is 7.70. The molecule has 210 valence electrons. The summed E-state index contributed by atoms with van der Waals surface area (Å²) in [6, 6.07) is 3.03. The first-order chi connectivity index (χ1) is 18.3. The molecule has 0 unspecified atom stereocenters. The van der Waals surface area contributed by atoms with E-state index in [1.807, 2.05) is 0 Å². The second-order valence-electron chi connectivity index (χ2n) is 10.8. The summed E-state index contributed by atoms with van der Waals surface area (Å²) in [7, 11) is -1.65. The van der Waals surface area contributed by atoms with Gasteiger partial charge in [0.1, 0.15) is 18.9 Å². The molecule has 0 saturated heterocycles. The van der Waals surface area contributed by atoms with Crippen LogP contribution in [0.1, 0.15) is 41.6 Å².